The largest absolute Gasteiger partial charge is 0.550 e. The van der Waals surface area contributed by atoms with Crippen LogP contribution < -0.4 is 5.11 Å². The summed E-state index contributed by atoms with van der Waals surface area (Å²) in [6, 6.07) is 0. The number of carbonyl (C=O) groups is 1. The van der Waals surface area contributed by atoms with Gasteiger partial charge in [-0.2, -0.15) is 0 Å². The molecule has 0 aliphatic carbocycles. The van der Waals surface area contributed by atoms with Crippen LogP contribution in [0.3, 0.4) is 0 Å². The van der Waals surface area contributed by atoms with E-state index in [1.807, 2.05) is 0 Å². The molecule has 0 aromatic heterocycles. The maximum atomic E-state index is 10.0. The van der Waals surface area contributed by atoms with Crippen molar-refractivity contribution >= 4 is 5.97 Å². The van der Waals surface area contributed by atoms with Gasteiger partial charge in [0.2, 0.25) is 0 Å². The van der Waals surface area contributed by atoms with Crippen LogP contribution >= 0.6 is 0 Å². The fourth-order valence-corrected chi connectivity index (χ4v) is 1.23. The summed E-state index contributed by atoms with van der Waals surface area (Å²) in [6.07, 6.45) is 8.34. The van der Waals surface area contributed by atoms with E-state index in [0.29, 0.717) is 0 Å². The Bertz CT molecular complexity index is 115. The fraction of sp³-hybridized carbons (Fsp3) is 0.900. The molecule has 0 aliphatic heterocycles. The molecule has 0 atom stereocenters. The van der Waals surface area contributed by atoms with Crippen molar-refractivity contribution < 1.29 is 29.4 Å². The molecule has 0 spiro atoms. The van der Waals surface area contributed by atoms with Crippen molar-refractivity contribution in [2.24, 2.45) is 0 Å². The summed E-state index contributed by atoms with van der Waals surface area (Å²) in [7, 11) is 0. The number of hydrogen-bond acceptors (Lipinski definition) is 2. The average molecular weight is 237 g/mol. The molecule has 74 valence electrons. The first-order valence-electron chi connectivity index (χ1n) is 4.97. The minimum atomic E-state index is -0.913. The zero-order valence-corrected chi connectivity index (χ0v) is 11.6. The van der Waals surface area contributed by atoms with Crippen LogP contribution in [0.1, 0.15) is 58.3 Å². The summed E-state index contributed by atoms with van der Waals surface area (Å²) >= 11 is 0. The number of unbranched alkanes of at least 4 members (excludes halogenated alkanes) is 6. The van der Waals surface area contributed by atoms with E-state index in [4.69, 9.17) is 0 Å². The quantitative estimate of drug-likeness (QED) is 0.477. The van der Waals surface area contributed by atoms with E-state index < -0.39 is 5.97 Å². The number of carbonyl (C=O) groups excluding carboxylic acids is 1. The number of aliphatic carboxylic acids is 1. The van der Waals surface area contributed by atoms with Gasteiger partial charge in [0, 0.05) is 25.4 Å². The fourth-order valence-electron chi connectivity index (χ4n) is 1.23. The van der Waals surface area contributed by atoms with Gasteiger partial charge in [-0.25, -0.2) is 0 Å². The van der Waals surface area contributed by atoms with E-state index in [0.717, 1.165) is 12.8 Å². The third kappa shape index (κ3) is 14.9. The minimum absolute atomic E-state index is 0. The maximum Gasteiger partial charge on any atom is 0.0414 e. The molecule has 0 amide bonds. The van der Waals surface area contributed by atoms with Crippen molar-refractivity contribution in [1.29, 1.82) is 0 Å². The van der Waals surface area contributed by atoms with Crippen molar-refractivity contribution in [1.82, 2.24) is 0 Å². The molecule has 0 heterocycles. The molecule has 0 fully saturated rings. The van der Waals surface area contributed by atoms with E-state index in [9.17, 15) is 9.90 Å². The Morgan fingerprint density at radius 1 is 1.00 bits per heavy atom. The zero-order chi connectivity index (χ0) is 9.23. The van der Waals surface area contributed by atoms with Gasteiger partial charge in [-0.3, -0.25) is 0 Å². The molecule has 0 N–H and O–H groups in total. The molecule has 0 bridgehead atoms. The Hall–Kier alpha value is 0.0934. The molecule has 0 radical (unpaired) electrons. The zero-order valence-electron chi connectivity index (χ0n) is 8.68. The van der Waals surface area contributed by atoms with E-state index >= 15 is 0 Å². The van der Waals surface area contributed by atoms with Crippen LogP contribution in [-0.4, -0.2) is 5.97 Å². The maximum absolute atomic E-state index is 10.0. The number of hydrogen-bond donors (Lipinski definition) is 0. The van der Waals surface area contributed by atoms with Gasteiger partial charge in [0.1, 0.15) is 0 Å². The molecule has 0 saturated carbocycles. The molecule has 0 unspecified atom stereocenters. The predicted octanol–water partition coefficient (Wildman–Crippen LogP) is 1.87. The molecule has 3 heteroatoms. The molecule has 13 heavy (non-hydrogen) atoms. The van der Waals surface area contributed by atoms with E-state index in [-0.39, 0.29) is 25.9 Å². The van der Waals surface area contributed by atoms with Gasteiger partial charge in [-0.1, -0.05) is 45.4 Å². The second-order valence-electron chi connectivity index (χ2n) is 3.24. The van der Waals surface area contributed by atoms with E-state index in [1.54, 1.807) is 0 Å². The summed E-state index contributed by atoms with van der Waals surface area (Å²) in [4.78, 5) is 10.0. The molecule has 0 aromatic carbocycles. The normalized spacial score (nSPS) is 9.31. The Balaban J connectivity index is 0. The van der Waals surface area contributed by atoms with Gasteiger partial charge in [-0.15, -0.1) is 0 Å². The third-order valence-corrected chi connectivity index (χ3v) is 1.98. The van der Waals surface area contributed by atoms with Gasteiger partial charge >= 0.3 is 0 Å². The van der Waals surface area contributed by atoms with Gasteiger partial charge in [0.25, 0.3) is 0 Å². The molecule has 0 aliphatic rings. The molecular formula is C10H19O2Zn-. The second kappa shape index (κ2) is 12.1. The predicted molar refractivity (Wildman–Crippen MR) is 47.6 cm³/mol. The first-order chi connectivity index (χ1) is 5.77. The van der Waals surface area contributed by atoms with Crippen LogP contribution in [0.2, 0.25) is 0 Å². The topological polar surface area (TPSA) is 40.1 Å². The first-order valence-corrected chi connectivity index (χ1v) is 4.97. The smallest absolute Gasteiger partial charge is 0.0414 e. The Kier molecular flexibility index (Phi) is 14.5. The SMILES string of the molecule is CCCCCCCCCC(=O)[O-].[Zn]. The van der Waals surface area contributed by atoms with Gasteiger partial charge in [-0.05, 0) is 12.8 Å². The van der Waals surface area contributed by atoms with Gasteiger partial charge < -0.3 is 9.90 Å². The number of carboxylic acid groups (broad SMARTS) is 1. The van der Waals surface area contributed by atoms with Gasteiger partial charge in [0.15, 0.2) is 0 Å². The molecule has 0 rings (SSSR count). The Morgan fingerprint density at radius 2 is 1.46 bits per heavy atom. The number of rotatable bonds is 8. The molecule has 0 aromatic rings. The molecular weight excluding hydrogens is 217 g/mol. The van der Waals surface area contributed by atoms with Crippen molar-refractivity contribution in [3.63, 3.8) is 0 Å². The average Bonchev–Trinajstić information content (AvgIpc) is 2.02. The summed E-state index contributed by atoms with van der Waals surface area (Å²) in [5, 5.41) is 10.0. The standard InChI is InChI=1S/C10H20O2.Zn/c1-2-3-4-5-6-7-8-9-10(11)12;/h2-9H2,1H3,(H,11,12);/p-1. The van der Waals surface area contributed by atoms with Crippen LogP contribution in [0.4, 0.5) is 0 Å². The van der Waals surface area contributed by atoms with Crippen LogP contribution in [0.15, 0.2) is 0 Å². The van der Waals surface area contributed by atoms with Gasteiger partial charge in [0.05, 0.1) is 0 Å². The Labute approximate surface area is 93.9 Å². The third-order valence-electron chi connectivity index (χ3n) is 1.98. The van der Waals surface area contributed by atoms with E-state index in [2.05, 4.69) is 6.92 Å². The Morgan fingerprint density at radius 3 is 1.92 bits per heavy atom. The molecule has 2 nitrogen and oxygen atoms in total. The summed E-state index contributed by atoms with van der Waals surface area (Å²) in [5.74, 6) is -0.913. The van der Waals surface area contributed by atoms with E-state index in [1.165, 1.54) is 32.1 Å². The monoisotopic (exact) mass is 235 g/mol. The van der Waals surface area contributed by atoms with Crippen LogP contribution in [0.5, 0.6) is 0 Å². The summed E-state index contributed by atoms with van der Waals surface area (Å²) in [5.41, 5.74) is 0. The van der Waals surface area contributed by atoms with Crippen LogP contribution in [-0.2, 0) is 24.3 Å². The minimum Gasteiger partial charge on any atom is -0.550 e. The summed E-state index contributed by atoms with van der Waals surface area (Å²) < 4.78 is 0. The van der Waals surface area contributed by atoms with Crippen LogP contribution in [0, 0.1) is 0 Å². The molecule has 0 saturated heterocycles. The van der Waals surface area contributed by atoms with Crippen molar-refractivity contribution in [2.75, 3.05) is 0 Å². The number of carboxylic acids is 1. The second-order valence-corrected chi connectivity index (χ2v) is 3.24. The summed E-state index contributed by atoms with van der Waals surface area (Å²) in [6.45, 7) is 2.19. The van der Waals surface area contributed by atoms with Crippen molar-refractivity contribution in [3.05, 3.63) is 0 Å². The van der Waals surface area contributed by atoms with Crippen LogP contribution in [0.25, 0.3) is 0 Å². The first kappa shape index (κ1) is 15.6. The van der Waals surface area contributed by atoms with Crippen molar-refractivity contribution in [2.45, 2.75) is 58.3 Å². The van der Waals surface area contributed by atoms with Crippen molar-refractivity contribution in [3.8, 4) is 0 Å².